The van der Waals surface area contributed by atoms with Crippen LogP contribution in [0.15, 0.2) is 24.3 Å². The Morgan fingerprint density at radius 3 is 2.92 bits per heavy atom. The van der Waals surface area contributed by atoms with Crippen molar-refractivity contribution in [3.63, 3.8) is 0 Å². The van der Waals surface area contributed by atoms with Crippen LogP contribution in [-0.4, -0.2) is 11.5 Å². The van der Waals surface area contributed by atoms with Gasteiger partial charge in [0.25, 0.3) is 0 Å². The summed E-state index contributed by atoms with van der Waals surface area (Å²) in [5.74, 6) is 0. The fraction of sp³-hybridized carbons (Fsp3) is 0.200. The Balaban J connectivity index is 2.20. The molecule has 66 valence electrons. The molecule has 1 aromatic carbocycles. The number of aromatic amines is 1. The van der Waals surface area contributed by atoms with E-state index in [1.807, 2.05) is 18.2 Å². The van der Waals surface area contributed by atoms with Crippen molar-refractivity contribution in [3.05, 3.63) is 35.0 Å². The number of hydrogen-bond acceptors (Lipinski definition) is 1. The van der Waals surface area contributed by atoms with Gasteiger partial charge in [0.15, 0.2) is 0 Å². The quantitative estimate of drug-likeness (QED) is 0.670. The summed E-state index contributed by atoms with van der Waals surface area (Å²) in [7, 11) is 0. The van der Waals surface area contributed by atoms with E-state index < -0.39 is 0 Å². The normalized spacial score (nSPS) is 20.8. The lowest BCUT2D eigenvalue weighted by atomic mass is 10.2. The fourth-order valence-electron chi connectivity index (χ4n) is 1.59. The number of benzene rings is 1. The molecule has 1 aliphatic rings. The van der Waals surface area contributed by atoms with Gasteiger partial charge in [-0.25, -0.2) is 0 Å². The van der Waals surface area contributed by atoms with E-state index in [1.54, 1.807) is 0 Å². The van der Waals surface area contributed by atoms with Crippen LogP contribution in [0.2, 0.25) is 5.02 Å². The van der Waals surface area contributed by atoms with Gasteiger partial charge in [-0.05, 0) is 24.3 Å². The lowest BCUT2D eigenvalue weighted by Crippen LogP contribution is -1.81. The Kier molecular flexibility index (Phi) is 1.43. The molecule has 1 aromatic heterocycles. The first-order valence-corrected chi connectivity index (χ1v) is 4.72. The van der Waals surface area contributed by atoms with Gasteiger partial charge < -0.3 is 10.3 Å². The maximum absolute atomic E-state index is 5.89. The number of hydrogen-bond donors (Lipinski definition) is 2. The minimum Gasteiger partial charge on any atom is -0.357 e. The SMILES string of the molecule is Clc1ccc2[nH]c([C@H]3CN3)cc2c1. The van der Waals surface area contributed by atoms with Crippen LogP contribution in [-0.2, 0) is 0 Å². The molecular formula is C10H9ClN2. The molecule has 0 saturated carbocycles. The maximum atomic E-state index is 5.89. The van der Waals surface area contributed by atoms with Crippen molar-refractivity contribution in [2.45, 2.75) is 6.04 Å². The van der Waals surface area contributed by atoms with E-state index >= 15 is 0 Å². The van der Waals surface area contributed by atoms with Crippen molar-refractivity contribution in [2.75, 3.05) is 6.54 Å². The molecule has 1 fully saturated rings. The average Bonchev–Trinajstić information content (AvgIpc) is 2.87. The minimum atomic E-state index is 0.533. The van der Waals surface area contributed by atoms with E-state index in [4.69, 9.17) is 11.6 Å². The molecule has 13 heavy (non-hydrogen) atoms. The fourth-order valence-corrected chi connectivity index (χ4v) is 1.77. The van der Waals surface area contributed by atoms with Gasteiger partial charge in [0.1, 0.15) is 0 Å². The van der Waals surface area contributed by atoms with Gasteiger partial charge in [-0.15, -0.1) is 0 Å². The van der Waals surface area contributed by atoms with Gasteiger partial charge >= 0.3 is 0 Å². The molecule has 2 N–H and O–H groups in total. The van der Waals surface area contributed by atoms with Crippen LogP contribution in [0.4, 0.5) is 0 Å². The van der Waals surface area contributed by atoms with Crippen LogP contribution >= 0.6 is 11.6 Å². The third kappa shape index (κ3) is 1.23. The highest BCUT2D eigenvalue weighted by Crippen LogP contribution is 2.26. The van der Waals surface area contributed by atoms with Crippen molar-refractivity contribution < 1.29 is 0 Å². The summed E-state index contributed by atoms with van der Waals surface area (Å²) >= 11 is 5.89. The largest absolute Gasteiger partial charge is 0.357 e. The number of aromatic nitrogens is 1. The van der Waals surface area contributed by atoms with Crippen LogP contribution in [0.25, 0.3) is 10.9 Å². The Morgan fingerprint density at radius 2 is 2.15 bits per heavy atom. The molecule has 0 unspecified atom stereocenters. The van der Waals surface area contributed by atoms with Gasteiger partial charge in [0, 0.05) is 28.2 Å². The zero-order chi connectivity index (χ0) is 8.84. The summed E-state index contributed by atoms with van der Waals surface area (Å²) in [6.07, 6.45) is 0. The molecule has 0 spiro atoms. The second-order valence-corrected chi connectivity index (χ2v) is 3.85. The van der Waals surface area contributed by atoms with E-state index in [0.717, 1.165) is 17.1 Å². The topological polar surface area (TPSA) is 37.7 Å². The van der Waals surface area contributed by atoms with Gasteiger partial charge in [0.05, 0.1) is 6.04 Å². The predicted molar refractivity (Wildman–Crippen MR) is 54.1 cm³/mol. The summed E-state index contributed by atoms with van der Waals surface area (Å²) < 4.78 is 0. The molecule has 0 aliphatic carbocycles. The smallest absolute Gasteiger partial charge is 0.0600 e. The van der Waals surface area contributed by atoms with Crippen molar-refractivity contribution >= 4 is 22.5 Å². The van der Waals surface area contributed by atoms with E-state index in [9.17, 15) is 0 Å². The van der Waals surface area contributed by atoms with Crippen molar-refractivity contribution in [1.82, 2.24) is 10.3 Å². The molecule has 2 heterocycles. The second kappa shape index (κ2) is 2.50. The van der Waals surface area contributed by atoms with Crippen molar-refractivity contribution in [3.8, 4) is 0 Å². The minimum absolute atomic E-state index is 0.533. The molecule has 2 aromatic rings. The Labute approximate surface area is 80.9 Å². The van der Waals surface area contributed by atoms with Crippen LogP contribution in [0.3, 0.4) is 0 Å². The average molecular weight is 193 g/mol. The Morgan fingerprint density at radius 1 is 1.31 bits per heavy atom. The number of nitrogens with one attached hydrogen (secondary N) is 2. The zero-order valence-electron chi connectivity index (χ0n) is 6.97. The summed E-state index contributed by atoms with van der Waals surface area (Å²) in [6.45, 7) is 1.08. The molecule has 3 heteroatoms. The standard InChI is InChI=1S/C10H9ClN2/c11-7-1-2-8-6(3-7)4-9(13-8)10-5-12-10/h1-4,10,12-13H,5H2/t10-/m1/s1. The van der Waals surface area contributed by atoms with Gasteiger partial charge in [-0.3, -0.25) is 0 Å². The van der Waals surface area contributed by atoms with E-state index in [2.05, 4.69) is 16.4 Å². The van der Waals surface area contributed by atoms with Crippen LogP contribution in [0.5, 0.6) is 0 Å². The summed E-state index contributed by atoms with van der Waals surface area (Å²) in [4.78, 5) is 3.36. The van der Waals surface area contributed by atoms with Crippen LogP contribution < -0.4 is 5.32 Å². The number of rotatable bonds is 1. The Bertz CT molecular complexity index is 457. The van der Waals surface area contributed by atoms with E-state index in [1.165, 1.54) is 11.1 Å². The zero-order valence-corrected chi connectivity index (χ0v) is 7.73. The molecule has 0 amide bonds. The summed E-state index contributed by atoms with van der Waals surface area (Å²) in [5, 5.41) is 5.25. The van der Waals surface area contributed by atoms with Gasteiger partial charge in [-0.2, -0.15) is 0 Å². The third-order valence-electron chi connectivity index (χ3n) is 2.39. The van der Waals surface area contributed by atoms with Crippen molar-refractivity contribution in [2.24, 2.45) is 0 Å². The summed E-state index contributed by atoms with van der Waals surface area (Å²) in [6, 6.07) is 8.60. The van der Waals surface area contributed by atoms with Gasteiger partial charge in [-0.1, -0.05) is 11.6 Å². The first-order valence-electron chi connectivity index (χ1n) is 4.34. The molecule has 3 rings (SSSR count). The molecule has 0 radical (unpaired) electrons. The molecule has 0 bridgehead atoms. The molecule has 2 nitrogen and oxygen atoms in total. The number of halogens is 1. The highest BCUT2D eigenvalue weighted by atomic mass is 35.5. The highest BCUT2D eigenvalue weighted by Gasteiger charge is 2.23. The molecule has 1 saturated heterocycles. The van der Waals surface area contributed by atoms with E-state index in [-0.39, 0.29) is 0 Å². The first kappa shape index (κ1) is 7.42. The second-order valence-electron chi connectivity index (χ2n) is 3.42. The predicted octanol–water partition coefficient (Wildman–Crippen LogP) is 2.47. The monoisotopic (exact) mass is 192 g/mol. The van der Waals surface area contributed by atoms with E-state index in [0.29, 0.717) is 6.04 Å². The summed E-state index contributed by atoms with van der Waals surface area (Å²) in [5.41, 5.74) is 2.42. The number of fused-ring (bicyclic) bond motifs is 1. The maximum Gasteiger partial charge on any atom is 0.0600 e. The number of H-pyrrole nitrogens is 1. The lowest BCUT2D eigenvalue weighted by Gasteiger charge is -1.89. The molecule has 1 atom stereocenters. The van der Waals surface area contributed by atoms with Crippen LogP contribution in [0.1, 0.15) is 11.7 Å². The highest BCUT2D eigenvalue weighted by molar-refractivity contribution is 6.31. The molecule has 1 aliphatic heterocycles. The lowest BCUT2D eigenvalue weighted by molar-refractivity contribution is 1.02. The third-order valence-corrected chi connectivity index (χ3v) is 2.62. The molecular weight excluding hydrogens is 184 g/mol. The van der Waals surface area contributed by atoms with Crippen molar-refractivity contribution in [1.29, 1.82) is 0 Å². The van der Waals surface area contributed by atoms with Crippen LogP contribution in [0, 0.1) is 0 Å². The van der Waals surface area contributed by atoms with Gasteiger partial charge in [0.2, 0.25) is 0 Å². The Hall–Kier alpha value is -0.990. The first-order chi connectivity index (χ1) is 6.33.